The average molecular weight is 324 g/mol. The number of carbonyl (C=O) groups is 1. The van der Waals surface area contributed by atoms with Gasteiger partial charge in [-0.15, -0.1) is 0 Å². The molecule has 2 bridgehead atoms. The van der Waals surface area contributed by atoms with Crippen molar-refractivity contribution in [2.45, 2.75) is 55.9 Å². The summed E-state index contributed by atoms with van der Waals surface area (Å²) in [6.07, 6.45) is 8.36. The highest BCUT2D eigenvalue weighted by molar-refractivity contribution is 7.99. The van der Waals surface area contributed by atoms with Crippen LogP contribution in [0.3, 0.4) is 0 Å². The summed E-state index contributed by atoms with van der Waals surface area (Å²) >= 11 is 7.97. The maximum Gasteiger partial charge on any atom is 0.223 e. The molecule has 0 N–H and O–H groups in total. The lowest BCUT2D eigenvalue weighted by Crippen LogP contribution is -2.47. The maximum absolute atomic E-state index is 12.6. The van der Waals surface area contributed by atoms with Crippen molar-refractivity contribution >= 4 is 29.3 Å². The fraction of sp³-hybridized carbons (Fsp3) is 0.588. The number of halogens is 1. The number of benzene rings is 1. The van der Waals surface area contributed by atoms with Gasteiger partial charge in [-0.3, -0.25) is 4.79 Å². The summed E-state index contributed by atoms with van der Waals surface area (Å²) in [5.74, 6) is 0.335. The summed E-state index contributed by atoms with van der Waals surface area (Å²) in [4.78, 5) is 14.8. The zero-order chi connectivity index (χ0) is 14.8. The molecule has 2 fully saturated rings. The van der Waals surface area contributed by atoms with E-state index in [0.29, 0.717) is 24.4 Å². The normalized spacial score (nSPS) is 27.9. The molecule has 1 aromatic rings. The summed E-state index contributed by atoms with van der Waals surface area (Å²) in [6.45, 7) is 0. The van der Waals surface area contributed by atoms with E-state index in [1.807, 2.05) is 36.0 Å². The maximum atomic E-state index is 12.6. The van der Waals surface area contributed by atoms with E-state index in [2.05, 4.69) is 11.2 Å². The smallest absolute Gasteiger partial charge is 0.223 e. The molecule has 2 aliphatic rings. The lowest BCUT2D eigenvalue weighted by molar-refractivity contribution is -0.135. The third-order valence-electron chi connectivity index (χ3n) is 4.83. The molecule has 0 aliphatic carbocycles. The Hall–Kier alpha value is -0.670. The van der Waals surface area contributed by atoms with Crippen molar-refractivity contribution < 1.29 is 4.79 Å². The Bertz CT molecular complexity index is 507. The van der Waals surface area contributed by atoms with Crippen molar-refractivity contribution in [3.05, 3.63) is 34.9 Å². The quantitative estimate of drug-likeness (QED) is 0.829. The standard InChI is InChI=1S/C17H22ClNOS/c1-21-16-10-14-6-7-15(11-16)19(14)17(20)8-5-12-3-2-4-13(18)9-12/h2-4,9,14-16H,5-8,10-11H2,1H3. The molecule has 4 heteroatoms. The van der Waals surface area contributed by atoms with E-state index < -0.39 is 0 Å². The van der Waals surface area contributed by atoms with Gasteiger partial charge in [0.25, 0.3) is 0 Å². The number of hydrogen-bond donors (Lipinski definition) is 0. The lowest BCUT2D eigenvalue weighted by Gasteiger charge is -2.38. The van der Waals surface area contributed by atoms with Crippen LogP contribution in [0.25, 0.3) is 0 Å². The Kier molecular flexibility index (Phi) is 4.80. The van der Waals surface area contributed by atoms with E-state index in [-0.39, 0.29) is 0 Å². The van der Waals surface area contributed by atoms with Gasteiger partial charge in [-0.05, 0) is 56.1 Å². The first-order valence-corrected chi connectivity index (χ1v) is 9.42. The number of aryl methyl sites for hydroxylation is 1. The van der Waals surface area contributed by atoms with Gasteiger partial charge in [-0.1, -0.05) is 23.7 Å². The molecule has 2 aliphatic heterocycles. The van der Waals surface area contributed by atoms with Crippen molar-refractivity contribution in [1.29, 1.82) is 0 Å². The second-order valence-corrected chi connectivity index (χ2v) is 7.72. The summed E-state index contributed by atoms with van der Waals surface area (Å²) in [5.41, 5.74) is 1.15. The predicted octanol–water partition coefficient (Wildman–Crippen LogP) is 4.16. The molecule has 21 heavy (non-hydrogen) atoms. The summed E-state index contributed by atoms with van der Waals surface area (Å²) in [7, 11) is 0. The van der Waals surface area contributed by atoms with Gasteiger partial charge in [0, 0.05) is 28.8 Å². The molecule has 0 aromatic heterocycles. The minimum Gasteiger partial charge on any atom is -0.337 e. The Morgan fingerprint density at radius 1 is 1.33 bits per heavy atom. The van der Waals surface area contributed by atoms with Crippen molar-refractivity contribution in [3.8, 4) is 0 Å². The fourth-order valence-electron chi connectivity index (χ4n) is 3.80. The van der Waals surface area contributed by atoms with Crippen LogP contribution in [-0.4, -0.2) is 34.4 Å². The summed E-state index contributed by atoms with van der Waals surface area (Å²) in [6, 6.07) is 8.83. The van der Waals surface area contributed by atoms with Gasteiger partial charge in [0.15, 0.2) is 0 Å². The van der Waals surface area contributed by atoms with Crippen LogP contribution in [0.15, 0.2) is 24.3 Å². The molecule has 3 rings (SSSR count). The fourth-order valence-corrected chi connectivity index (χ4v) is 4.84. The zero-order valence-corrected chi connectivity index (χ0v) is 14.0. The Morgan fingerprint density at radius 3 is 2.67 bits per heavy atom. The average Bonchev–Trinajstić information content (AvgIpc) is 2.75. The van der Waals surface area contributed by atoms with Crippen LogP contribution in [0, 0.1) is 0 Å². The molecule has 2 heterocycles. The lowest BCUT2D eigenvalue weighted by atomic mass is 10.0. The Balaban J connectivity index is 1.59. The molecular formula is C17H22ClNOS. The topological polar surface area (TPSA) is 20.3 Å². The van der Waals surface area contributed by atoms with Crippen molar-refractivity contribution in [2.24, 2.45) is 0 Å². The van der Waals surface area contributed by atoms with Gasteiger partial charge in [-0.2, -0.15) is 11.8 Å². The summed E-state index contributed by atoms with van der Waals surface area (Å²) < 4.78 is 0. The van der Waals surface area contributed by atoms with Crippen LogP contribution >= 0.6 is 23.4 Å². The molecule has 0 saturated carbocycles. The Morgan fingerprint density at radius 2 is 2.05 bits per heavy atom. The largest absolute Gasteiger partial charge is 0.337 e. The number of hydrogen-bond acceptors (Lipinski definition) is 2. The van der Waals surface area contributed by atoms with Crippen molar-refractivity contribution in [1.82, 2.24) is 4.90 Å². The third kappa shape index (κ3) is 3.40. The summed E-state index contributed by atoms with van der Waals surface area (Å²) in [5, 5.41) is 1.50. The van der Waals surface area contributed by atoms with Crippen LogP contribution in [-0.2, 0) is 11.2 Å². The highest BCUT2D eigenvalue weighted by atomic mass is 35.5. The van der Waals surface area contributed by atoms with Crippen LogP contribution in [0.2, 0.25) is 5.02 Å². The predicted molar refractivity (Wildman–Crippen MR) is 90.0 cm³/mol. The van der Waals surface area contributed by atoms with Gasteiger partial charge < -0.3 is 4.90 Å². The van der Waals surface area contributed by atoms with Gasteiger partial charge in [-0.25, -0.2) is 0 Å². The van der Waals surface area contributed by atoms with Crippen LogP contribution in [0.1, 0.15) is 37.7 Å². The molecule has 2 saturated heterocycles. The number of nitrogens with zero attached hydrogens (tertiary/aromatic N) is 1. The van der Waals surface area contributed by atoms with Crippen LogP contribution < -0.4 is 0 Å². The molecule has 2 atom stereocenters. The zero-order valence-electron chi connectivity index (χ0n) is 12.4. The molecule has 0 spiro atoms. The van der Waals surface area contributed by atoms with Gasteiger partial charge in [0.2, 0.25) is 5.91 Å². The van der Waals surface area contributed by atoms with Gasteiger partial charge in [0.05, 0.1) is 0 Å². The second kappa shape index (κ2) is 6.62. The highest BCUT2D eigenvalue weighted by Gasteiger charge is 2.42. The monoisotopic (exact) mass is 323 g/mol. The van der Waals surface area contributed by atoms with E-state index >= 15 is 0 Å². The number of thioether (sulfide) groups is 1. The molecular weight excluding hydrogens is 302 g/mol. The minimum absolute atomic E-state index is 0.335. The molecule has 1 amide bonds. The van der Waals surface area contributed by atoms with E-state index in [1.54, 1.807) is 0 Å². The highest BCUT2D eigenvalue weighted by Crippen LogP contribution is 2.39. The first-order chi connectivity index (χ1) is 10.2. The molecule has 0 radical (unpaired) electrons. The van der Waals surface area contributed by atoms with Crippen LogP contribution in [0.5, 0.6) is 0 Å². The van der Waals surface area contributed by atoms with E-state index in [0.717, 1.165) is 22.3 Å². The molecule has 114 valence electrons. The SMILES string of the molecule is CSC1CC2CCC(C1)N2C(=O)CCc1cccc(Cl)c1. The Labute approximate surface area is 136 Å². The second-order valence-electron chi connectivity index (χ2n) is 6.15. The molecule has 2 unspecified atom stereocenters. The van der Waals surface area contributed by atoms with Crippen molar-refractivity contribution in [3.63, 3.8) is 0 Å². The minimum atomic E-state index is 0.335. The molecule has 2 nitrogen and oxygen atoms in total. The van der Waals surface area contributed by atoms with E-state index in [4.69, 9.17) is 11.6 Å². The molecule has 1 aromatic carbocycles. The van der Waals surface area contributed by atoms with Crippen molar-refractivity contribution in [2.75, 3.05) is 6.26 Å². The number of fused-ring (bicyclic) bond motifs is 2. The van der Waals surface area contributed by atoms with E-state index in [1.165, 1.54) is 25.7 Å². The third-order valence-corrected chi connectivity index (χ3v) is 6.11. The van der Waals surface area contributed by atoms with Crippen LogP contribution in [0.4, 0.5) is 0 Å². The van der Waals surface area contributed by atoms with Gasteiger partial charge >= 0.3 is 0 Å². The number of amides is 1. The number of carbonyl (C=O) groups excluding carboxylic acids is 1. The number of piperidine rings is 1. The van der Waals surface area contributed by atoms with Gasteiger partial charge in [0.1, 0.15) is 0 Å². The first-order valence-electron chi connectivity index (χ1n) is 7.76. The van der Waals surface area contributed by atoms with E-state index in [9.17, 15) is 4.79 Å². The first kappa shape index (κ1) is 15.2. The number of rotatable bonds is 4.